The van der Waals surface area contributed by atoms with E-state index in [1.54, 1.807) is 0 Å². The predicted octanol–water partition coefficient (Wildman–Crippen LogP) is -2.56. The Labute approximate surface area is 167 Å². The molecule has 0 bridgehead atoms. The molecule has 1 aliphatic heterocycles. The zero-order valence-electron chi connectivity index (χ0n) is 16.0. The summed E-state index contributed by atoms with van der Waals surface area (Å²) in [6, 6.07) is 2.06. The summed E-state index contributed by atoms with van der Waals surface area (Å²) in [5.41, 5.74) is 5.82. The first kappa shape index (κ1) is 22.9. The lowest BCUT2D eigenvalue weighted by molar-refractivity contribution is -0.141. The second kappa shape index (κ2) is 9.90. The van der Waals surface area contributed by atoms with Gasteiger partial charge in [-0.25, -0.2) is 0 Å². The van der Waals surface area contributed by atoms with Crippen molar-refractivity contribution in [2.75, 3.05) is 19.6 Å². The number of nitrogens with one attached hydrogen (secondary N) is 1. The number of likely N-dealkylation sites (tertiary alicyclic amines) is 1. The molecule has 1 aliphatic rings. The Balaban J connectivity index is 1.98. The fourth-order valence-corrected chi connectivity index (χ4v) is 2.92. The Morgan fingerprint density at radius 3 is 2.55 bits per heavy atom. The van der Waals surface area contributed by atoms with Crippen molar-refractivity contribution >= 4 is 18.9 Å². The molecule has 0 aliphatic carbocycles. The molecule has 29 heavy (non-hydrogen) atoms. The van der Waals surface area contributed by atoms with E-state index in [0.29, 0.717) is 5.56 Å². The molecule has 2 amide bonds. The van der Waals surface area contributed by atoms with Crippen LogP contribution >= 0.6 is 0 Å². The van der Waals surface area contributed by atoms with Gasteiger partial charge in [0.05, 0.1) is 18.7 Å². The molecule has 1 aromatic rings. The molecule has 1 fully saturated rings. The van der Waals surface area contributed by atoms with Crippen LogP contribution < -0.4 is 15.8 Å². The normalized spacial score (nSPS) is 15.1. The lowest BCUT2D eigenvalue weighted by Gasteiger charge is -2.40. The summed E-state index contributed by atoms with van der Waals surface area (Å²) >= 11 is 0. The first-order valence-corrected chi connectivity index (χ1v) is 9.12. The summed E-state index contributed by atoms with van der Waals surface area (Å²) in [5.74, 6) is -0.986. The van der Waals surface area contributed by atoms with Gasteiger partial charge in [-0.05, 0) is 24.4 Å². The van der Waals surface area contributed by atoms with Gasteiger partial charge >= 0.3 is 7.12 Å². The standard InChI is InChI=1S/C17H26BN3O8/c1-9(22)20-6-12(19)16(24)21-7-11(8-21)29-13-3-2-10(4-5-18(27)28)15(23)14(13)17(25)26/h2-3,11-12,17,23,25-28H,4-8,19H2,1H3,(H,20,22)/t12-/m1/s1. The summed E-state index contributed by atoms with van der Waals surface area (Å²) in [7, 11) is -1.55. The Kier molecular flexibility index (Phi) is 7.82. The van der Waals surface area contributed by atoms with Crippen molar-refractivity contribution in [3.05, 3.63) is 23.3 Å². The quantitative estimate of drug-likeness (QED) is 0.170. The van der Waals surface area contributed by atoms with Crippen LogP contribution in [0.15, 0.2) is 12.1 Å². The van der Waals surface area contributed by atoms with Crippen molar-refractivity contribution in [2.45, 2.75) is 38.1 Å². The third-order valence-electron chi connectivity index (χ3n) is 4.53. The molecule has 160 valence electrons. The molecule has 1 atom stereocenters. The van der Waals surface area contributed by atoms with Crippen molar-refractivity contribution in [2.24, 2.45) is 5.73 Å². The second-order valence-electron chi connectivity index (χ2n) is 6.90. The van der Waals surface area contributed by atoms with Gasteiger partial charge in [-0.2, -0.15) is 0 Å². The summed E-state index contributed by atoms with van der Waals surface area (Å²) in [4.78, 5) is 24.5. The number of carbonyl (C=O) groups is 2. The Bertz CT molecular complexity index is 740. The number of nitrogens with zero attached hydrogens (tertiary/aromatic N) is 1. The summed E-state index contributed by atoms with van der Waals surface area (Å²) in [6.45, 7) is 1.78. The van der Waals surface area contributed by atoms with E-state index in [9.17, 15) is 24.9 Å². The van der Waals surface area contributed by atoms with Crippen LogP contribution in [0.3, 0.4) is 0 Å². The lowest BCUT2D eigenvalue weighted by Crippen LogP contribution is -2.61. The average Bonchev–Trinajstić information content (AvgIpc) is 2.60. The van der Waals surface area contributed by atoms with E-state index in [-0.39, 0.29) is 55.5 Å². The highest BCUT2D eigenvalue weighted by Crippen LogP contribution is 2.37. The first-order chi connectivity index (χ1) is 13.6. The fourth-order valence-electron chi connectivity index (χ4n) is 2.92. The van der Waals surface area contributed by atoms with Gasteiger partial charge in [0, 0.05) is 13.5 Å². The van der Waals surface area contributed by atoms with Crippen LogP contribution in [-0.2, 0) is 16.0 Å². The Hall–Kier alpha value is -2.38. The van der Waals surface area contributed by atoms with Crippen molar-refractivity contribution < 1.29 is 39.7 Å². The van der Waals surface area contributed by atoms with E-state index < -0.39 is 31.3 Å². The number of benzene rings is 1. The van der Waals surface area contributed by atoms with Crippen molar-refractivity contribution in [1.29, 1.82) is 0 Å². The molecule has 12 heteroatoms. The number of amides is 2. The number of phenolic OH excluding ortho intramolecular Hbond substituents is 1. The number of hydrogen-bond acceptors (Lipinski definition) is 9. The van der Waals surface area contributed by atoms with Gasteiger partial charge in [0.1, 0.15) is 23.6 Å². The summed E-state index contributed by atoms with van der Waals surface area (Å²) in [6.07, 6.45) is -2.36. The van der Waals surface area contributed by atoms with Gasteiger partial charge in [-0.1, -0.05) is 6.07 Å². The number of aliphatic hydroxyl groups is 2. The minimum atomic E-state index is -2.01. The van der Waals surface area contributed by atoms with Gasteiger partial charge in [-0.3, -0.25) is 9.59 Å². The number of nitrogens with two attached hydrogens (primary N) is 1. The van der Waals surface area contributed by atoms with Crippen LogP contribution in [0.1, 0.15) is 24.3 Å². The topological polar surface area (TPSA) is 186 Å². The number of hydrogen-bond donors (Lipinski definition) is 7. The Morgan fingerprint density at radius 1 is 1.34 bits per heavy atom. The maximum atomic E-state index is 12.2. The number of carbonyl (C=O) groups excluding carboxylic acids is 2. The molecule has 2 rings (SSSR count). The highest BCUT2D eigenvalue weighted by molar-refractivity contribution is 6.41. The van der Waals surface area contributed by atoms with E-state index in [1.807, 2.05) is 0 Å². The molecule has 0 radical (unpaired) electrons. The monoisotopic (exact) mass is 411 g/mol. The third-order valence-corrected chi connectivity index (χ3v) is 4.53. The van der Waals surface area contributed by atoms with Gasteiger partial charge in [0.15, 0.2) is 6.29 Å². The summed E-state index contributed by atoms with van der Waals surface area (Å²) in [5, 5.41) is 49.9. The van der Waals surface area contributed by atoms with Gasteiger partial charge in [0.25, 0.3) is 0 Å². The zero-order valence-corrected chi connectivity index (χ0v) is 16.0. The molecule has 1 heterocycles. The molecular weight excluding hydrogens is 385 g/mol. The van der Waals surface area contributed by atoms with Crippen LogP contribution in [0.25, 0.3) is 0 Å². The highest BCUT2D eigenvalue weighted by Gasteiger charge is 2.35. The maximum Gasteiger partial charge on any atom is 0.451 e. The average molecular weight is 411 g/mol. The van der Waals surface area contributed by atoms with Crippen LogP contribution in [0.5, 0.6) is 11.5 Å². The van der Waals surface area contributed by atoms with Crippen molar-refractivity contribution in [3.8, 4) is 11.5 Å². The molecule has 11 nitrogen and oxygen atoms in total. The minimum Gasteiger partial charge on any atom is -0.507 e. The van der Waals surface area contributed by atoms with Gasteiger partial charge in [0.2, 0.25) is 11.8 Å². The molecule has 1 saturated heterocycles. The van der Waals surface area contributed by atoms with Crippen LogP contribution in [0.2, 0.25) is 6.32 Å². The predicted molar refractivity (Wildman–Crippen MR) is 102 cm³/mol. The van der Waals surface area contributed by atoms with Crippen LogP contribution in [0.4, 0.5) is 0 Å². The van der Waals surface area contributed by atoms with Crippen LogP contribution in [0, 0.1) is 0 Å². The number of aliphatic hydroxyl groups excluding tert-OH is 1. The zero-order chi connectivity index (χ0) is 21.7. The first-order valence-electron chi connectivity index (χ1n) is 9.12. The van der Waals surface area contributed by atoms with Gasteiger partial charge in [-0.15, -0.1) is 0 Å². The van der Waals surface area contributed by atoms with Gasteiger partial charge < -0.3 is 46.1 Å². The highest BCUT2D eigenvalue weighted by atomic mass is 16.5. The third kappa shape index (κ3) is 6.05. The molecule has 1 aromatic carbocycles. The fraction of sp³-hybridized carbons (Fsp3) is 0.529. The minimum absolute atomic E-state index is 0.0227. The number of ether oxygens (including phenoxy) is 1. The van der Waals surface area contributed by atoms with Crippen molar-refractivity contribution in [3.63, 3.8) is 0 Å². The smallest absolute Gasteiger partial charge is 0.451 e. The second-order valence-corrected chi connectivity index (χ2v) is 6.90. The lowest BCUT2D eigenvalue weighted by atomic mass is 9.82. The van der Waals surface area contributed by atoms with E-state index in [4.69, 9.17) is 20.5 Å². The van der Waals surface area contributed by atoms with Crippen LogP contribution in [-0.4, -0.2) is 81.0 Å². The van der Waals surface area contributed by atoms with Crippen molar-refractivity contribution in [1.82, 2.24) is 10.2 Å². The largest absolute Gasteiger partial charge is 0.507 e. The Morgan fingerprint density at radius 2 is 2.00 bits per heavy atom. The molecule has 0 unspecified atom stereocenters. The summed E-state index contributed by atoms with van der Waals surface area (Å²) < 4.78 is 5.68. The SMILES string of the molecule is CC(=O)NC[C@@H](N)C(=O)N1CC(Oc2ccc(CCB(O)O)c(O)c2C(O)O)C1. The van der Waals surface area contributed by atoms with E-state index >= 15 is 0 Å². The van der Waals surface area contributed by atoms with E-state index in [0.717, 1.165) is 0 Å². The molecule has 0 spiro atoms. The maximum absolute atomic E-state index is 12.2. The molecule has 0 saturated carbocycles. The molecule has 8 N–H and O–H groups in total. The number of aromatic hydroxyl groups is 1. The molecular formula is C17H26BN3O8. The van der Waals surface area contributed by atoms with E-state index in [1.165, 1.54) is 24.0 Å². The number of rotatable bonds is 9. The molecule has 0 aromatic heterocycles. The number of phenols is 1. The van der Waals surface area contributed by atoms with E-state index in [2.05, 4.69) is 5.32 Å². The number of aryl methyl sites for hydroxylation is 1.